The number of nitrogens with zero attached hydrogens (tertiary/aromatic N) is 3. The SMILES string of the molecule is COc1ccc(-c2nnc(SCc3ccc(F)cc3)n2C[C@@H]2CCCO2)cc1. The van der Waals surface area contributed by atoms with Gasteiger partial charge in [-0.15, -0.1) is 10.2 Å². The molecule has 0 N–H and O–H groups in total. The van der Waals surface area contributed by atoms with Crippen LogP contribution in [-0.4, -0.2) is 34.6 Å². The number of thioether (sulfide) groups is 1. The van der Waals surface area contributed by atoms with Crippen molar-refractivity contribution in [2.75, 3.05) is 13.7 Å². The summed E-state index contributed by atoms with van der Waals surface area (Å²) < 4.78 is 26.3. The Labute approximate surface area is 167 Å². The largest absolute Gasteiger partial charge is 0.497 e. The molecule has 1 fully saturated rings. The molecule has 146 valence electrons. The van der Waals surface area contributed by atoms with E-state index in [1.54, 1.807) is 31.0 Å². The summed E-state index contributed by atoms with van der Waals surface area (Å²) >= 11 is 1.60. The Morgan fingerprint density at radius 3 is 2.61 bits per heavy atom. The molecule has 1 aliphatic rings. The zero-order chi connectivity index (χ0) is 19.3. The highest BCUT2D eigenvalue weighted by molar-refractivity contribution is 7.98. The van der Waals surface area contributed by atoms with Gasteiger partial charge in [0.2, 0.25) is 0 Å². The number of hydrogen-bond donors (Lipinski definition) is 0. The van der Waals surface area contributed by atoms with E-state index in [2.05, 4.69) is 14.8 Å². The van der Waals surface area contributed by atoms with Gasteiger partial charge in [0.15, 0.2) is 11.0 Å². The fourth-order valence-corrected chi connectivity index (χ4v) is 4.14. The molecule has 0 saturated carbocycles. The van der Waals surface area contributed by atoms with Gasteiger partial charge >= 0.3 is 0 Å². The van der Waals surface area contributed by atoms with Crippen molar-refractivity contribution in [2.24, 2.45) is 0 Å². The monoisotopic (exact) mass is 399 g/mol. The second-order valence-electron chi connectivity index (χ2n) is 6.70. The summed E-state index contributed by atoms with van der Waals surface area (Å²) in [4.78, 5) is 0. The fourth-order valence-electron chi connectivity index (χ4n) is 3.23. The number of aromatic nitrogens is 3. The second kappa shape index (κ2) is 8.75. The molecule has 1 atom stereocenters. The molecule has 1 saturated heterocycles. The Morgan fingerprint density at radius 2 is 1.93 bits per heavy atom. The molecule has 5 nitrogen and oxygen atoms in total. The molecule has 0 aliphatic carbocycles. The highest BCUT2D eigenvalue weighted by atomic mass is 32.2. The highest BCUT2D eigenvalue weighted by Crippen LogP contribution is 2.29. The van der Waals surface area contributed by atoms with E-state index in [4.69, 9.17) is 9.47 Å². The van der Waals surface area contributed by atoms with E-state index < -0.39 is 0 Å². The van der Waals surface area contributed by atoms with E-state index >= 15 is 0 Å². The topological polar surface area (TPSA) is 49.2 Å². The molecule has 28 heavy (non-hydrogen) atoms. The van der Waals surface area contributed by atoms with Crippen LogP contribution in [0.4, 0.5) is 4.39 Å². The van der Waals surface area contributed by atoms with E-state index in [1.165, 1.54) is 12.1 Å². The summed E-state index contributed by atoms with van der Waals surface area (Å²) in [5, 5.41) is 9.71. The van der Waals surface area contributed by atoms with E-state index in [9.17, 15) is 4.39 Å². The minimum atomic E-state index is -0.225. The van der Waals surface area contributed by atoms with Crippen LogP contribution in [0.15, 0.2) is 53.7 Å². The van der Waals surface area contributed by atoms with Crippen molar-refractivity contribution >= 4 is 11.8 Å². The lowest BCUT2D eigenvalue weighted by Crippen LogP contribution is -2.16. The van der Waals surface area contributed by atoms with Crippen molar-refractivity contribution in [3.8, 4) is 17.1 Å². The van der Waals surface area contributed by atoms with Crippen LogP contribution in [0.25, 0.3) is 11.4 Å². The molecule has 0 radical (unpaired) electrons. The molecule has 4 rings (SSSR count). The van der Waals surface area contributed by atoms with Crippen molar-refractivity contribution in [1.29, 1.82) is 0 Å². The molecule has 7 heteroatoms. The zero-order valence-corrected chi connectivity index (χ0v) is 16.5. The zero-order valence-electron chi connectivity index (χ0n) is 15.7. The van der Waals surface area contributed by atoms with Gasteiger partial charge in [-0.1, -0.05) is 23.9 Å². The van der Waals surface area contributed by atoms with Gasteiger partial charge in [-0.3, -0.25) is 4.57 Å². The van der Waals surface area contributed by atoms with Crippen LogP contribution in [0.1, 0.15) is 18.4 Å². The van der Waals surface area contributed by atoms with Crippen LogP contribution in [0.2, 0.25) is 0 Å². The lowest BCUT2D eigenvalue weighted by atomic mass is 10.2. The van der Waals surface area contributed by atoms with Crippen LogP contribution in [0.3, 0.4) is 0 Å². The minimum absolute atomic E-state index is 0.179. The standard InChI is InChI=1S/C21H22FN3O2S/c1-26-18-10-6-16(7-11-18)20-23-24-21(25(20)13-19-3-2-12-27-19)28-14-15-4-8-17(22)9-5-15/h4-11,19H,2-3,12-14H2,1H3/t19-/m0/s1. The van der Waals surface area contributed by atoms with Gasteiger partial charge in [0.05, 0.1) is 19.8 Å². The first-order valence-corrected chi connectivity index (χ1v) is 10.3. The fraction of sp³-hybridized carbons (Fsp3) is 0.333. The third-order valence-corrected chi connectivity index (χ3v) is 5.79. The lowest BCUT2D eigenvalue weighted by Gasteiger charge is -2.15. The molecule has 2 heterocycles. The summed E-state index contributed by atoms with van der Waals surface area (Å²) in [5.74, 6) is 2.10. The van der Waals surface area contributed by atoms with E-state index in [0.29, 0.717) is 5.75 Å². The number of halogens is 1. The molecule has 0 spiro atoms. The molecule has 2 aromatic carbocycles. The molecule has 1 aromatic heterocycles. The average molecular weight is 399 g/mol. The molecule has 3 aromatic rings. The van der Waals surface area contributed by atoms with Gasteiger partial charge in [-0.25, -0.2) is 4.39 Å². The first-order valence-electron chi connectivity index (χ1n) is 9.29. The quantitative estimate of drug-likeness (QED) is 0.545. The third-order valence-electron chi connectivity index (χ3n) is 4.76. The first kappa shape index (κ1) is 19.0. The molecular formula is C21H22FN3O2S. The van der Waals surface area contributed by atoms with Gasteiger partial charge in [0.1, 0.15) is 11.6 Å². The van der Waals surface area contributed by atoms with Crippen molar-refractivity contribution in [2.45, 2.75) is 36.4 Å². The molecule has 0 unspecified atom stereocenters. The van der Waals surface area contributed by atoms with Crippen molar-refractivity contribution in [1.82, 2.24) is 14.8 Å². The van der Waals surface area contributed by atoms with Crippen LogP contribution in [-0.2, 0) is 17.0 Å². The van der Waals surface area contributed by atoms with Gasteiger partial charge in [-0.2, -0.15) is 0 Å². The van der Waals surface area contributed by atoms with Crippen molar-refractivity contribution in [3.05, 3.63) is 59.9 Å². The predicted octanol–water partition coefficient (Wildman–Crippen LogP) is 4.56. The second-order valence-corrected chi connectivity index (χ2v) is 7.64. The Hall–Kier alpha value is -2.38. The maximum absolute atomic E-state index is 13.1. The summed E-state index contributed by atoms with van der Waals surface area (Å²) in [5.41, 5.74) is 2.03. The maximum Gasteiger partial charge on any atom is 0.191 e. The van der Waals surface area contributed by atoms with E-state index in [1.807, 2.05) is 24.3 Å². The number of ether oxygens (including phenoxy) is 2. The Morgan fingerprint density at radius 1 is 1.14 bits per heavy atom. The summed E-state index contributed by atoms with van der Waals surface area (Å²) in [6.07, 6.45) is 2.31. The van der Waals surface area contributed by atoms with Crippen LogP contribution >= 0.6 is 11.8 Å². The Bertz CT molecular complexity index is 906. The van der Waals surface area contributed by atoms with Crippen molar-refractivity contribution < 1.29 is 13.9 Å². The summed E-state index contributed by atoms with van der Waals surface area (Å²) in [7, 11) is 1.65. The third kappa shape index (κ3) is 4.36. The van der Waals surface area contributed by atoms with Gasteiger partial charge in [0, 0.05) is 17.9 Å². The minimum Gasteiger partial charge on any atom is -0.497 e. The number of hydrogen-bond acceptors (Lipinski definition) is 5. The van der Waals surface area contributed by atoms with Gasteiger partial charge in [0.25, 0.3) is 0 Å². The van der Waals surface area contributed by atoms with Crippen LogP contribution in [0, 0.1) is 5.82 Å². The smallest absolute Gasteiger partial charge is 0.191 e. The van der Waals surface area contributed by atoms with Crippen molar-refractivity contribution in [3.63, 3.8) is 0 Å². The normalized spacial score (nSPS) is 16.4. The highest BCUT2D eigenvalue weighted by Gasteiger charge is 2.22. The lowest BCUT2D eigenvalue weighted by molar-refractivity contribution is 0.0953. The average Bonchev–Trinajstić information content (AvgIpc) is 3.38. The molecule has 1 aliphatic heterocycles. The van der Waals surface area contributed by atoms with Gasteiger partial charge in [-0.05, 0) is 54.8 Å². The van der Waals surface area contributed by atoms with E-state index in [-0.39, 0.29) is 11.9 Å². The molecule has 0 amide bonds. The molecular weight excluding hydrogens is 377 g/mol. The van der Waals surface area contributed by atoms with Crippen LogP contribution in [0.5, 0.6) is 5.75 Å². The predicted molar refractivity (Wildman–Crippen MR) is 107 cm³/mol. The van der Waals surface area contributed by atoms with E-state index in [0.717, 1.165) is 53.9 Å². The molecule has 0 bridgehead atoms. The Balaban J connectivity index is 1.59. The number of methoxy groups -OCH3 is 1. The Kier molecular flexibility index (Phi) is 5.92. The van der Waals surface area contributed by atoms with Gasteiger partial charge < -0.3 is 9.47 Å². The maximum atomic E-state index is 13.1. The number of benzene rings is 2. The summed E-state index contributed by atoms with van der Waals surface area (Å²) in [6, 6.07) is 14.4. The van der Waals surface area contributed by atoms with Crippen LogP contribution < -0.4 is 4.74 Å². The first-order chi connectivity index (χ1) is 13.7. The summed E-state index contributed by atoms with van der Waals surface area (Å²) in [6.45, 7) is 1.53. The number of rotatable bonds is 7.